The number of rotatable bonds is 2. The van der Waals surface area contributed by atoms with Crippen molar-refractivity contribution in [3.05, 3.63) is 25.0 Å². The third-order valence-electron chi connectivity index (χ3n) is 1.54. The van der Waals surface area contributed by atoms with Crippen molar-refractivity contribution in [1.29, 1.82) is 0 Å². The summed E-state index contributed by atoms with van der Waals surface area (Å²) in [5.74, 6) is 1.10. The van der Waals surface area contributed by atoms with Crippen LogP contribution < -0.4 is 4.74 Å². The van der Waals surface area contributed by atoms with Crippen LogP contribution in [0, 0.1) is 0 Å². The van der Waals surface area contributed by atoms with Gasteiger partial charge in [0, 0.05) is 6.07 Å². The van der Waals surface area contributed by atoms with Crippen LogP contribution in [-0.2, 0) is 0 Å². The molecule has 0 saturated heterocycles. The van der Waals surface area contributed by atoms with Gasteiger partial charge in [-0.1, -0.05) is 0 Å². The lowest BCUT2D eigenvalue weighted by atomic mass is 10.3. The normalized spacial score (nSPS) is 9.92. The minimum Gasteiger partial charge on any atom is -0.481 e. The van der Waals surface area contributed by atoms with Crippen LogP contribution in [0.15, 0.2) is 29.4 Å². The van der Waals surface area contributed by atoms with Crippen molar-refractivity contribution < 1.29 is 9.15 Å². The molecule has 66 valence electrons. The zero-order valence-electron chi connectivity index (χ0n) is 6.97. The second-order valence-electron chi connectivity index (χ2n) is 2.31. The fraction of sp³-hybridized carbons (Fsp3) is 0.125. The zero-order valence-corrected chi connectivity index (χ0v) is 6.97. The Morgan fingerprint density at radius 1 is 1.38 bits per heavy atom. The minimum atomic E-state index is 0.501. The Labute approximate surface area is 74.4 Å². The van der Waals surface area contributed by atoms with Gasteiger partial charge in [-0.2, -0.15) is 0 Å². The number of nitrogens with zero attached hydrogens (tertiary/aromatic N) is 3. The van der Waals surface area contributed by atoms with E-state index in [0.717, 1.165) is 0 Å². The lowest BCUT2D eigenvalue weighted by Gasteiger charge is -1.98. The fourth-order valence-corrected chi connectivity index (χ4v) is 0.928. The van der Waals surface area contributed by atoms with Crippen LogP contribution >= 0.6 is 0 Å². The summed E-state index contributed by atoms with van der Waals surface area (Å²) in [6.45, 7) is 0. The van der Waals surface area contributed by atoms with Crippen LogP contribution in [0.5, 0.6) is 5.88 Å². The van der Waals surface area contributed by atoms with Gasteiger partial charge < -0.3 is 9.15 Å². The molecule has 0 radical (unpaired) electrons. The van der Waals surface area contributed by atoms with Gasteiger partial charge in [-0.15, -0.1) is 0 Å². The van der Waals surface area contributed by atoms with E-state index in [-0.39, 0.29) is 0 Å². The molecule has 0 bridgehead atoms. The van der Waals surface area contributed by atoms with Gasteiger partial charge in [0.15, 0.2) is 12.2 Å². The van der Waals surface area contributed by atoms with Gasteiger partial charge in [-0.3, -0.25) is 0 Å². The molecule has 0 fully saturated rings. The van der Waals surface area contributed by atoms with E-state index in [2.05, 4.69) is 15.0 Å². The van der Waals surface area contributed by atoms with Gasteiger partial charge in [0.25, 0.3) is 0 Å². The summed E-state index contributed by atoms with van der Waals surface area (Å²) >= 11 is 0. The molecule has 0 aliphatic rings. The molecule has 5 heteroatoms. The summed E-state index contributed by atoms with van der Waals surface area (Å²) in [7, 11) is 1.55. The van der Waals surface area contributed by atoms with Crippen molar-refractivity contribution in [1.82, 2.24) is 15.0 Å². The Hall–Kier alpha value is -1.91. The van der Waals surface area contributed by atoms with Crippen LogP contribution in [0.4, 0.5) is 0 Å². The number of hydrogen-bond donors (Lipinski definition) is 0. The predicted octanol–water partition coefficient (Wildman–Crippen LogP) is 1.14. The standard InChI is InChI=1S/C8H7N3O2/c1-12-8-2-6(10-4-11-8)7-3-9-5-13-7/h2-5H,1H3. The smallest absolute Gasteiger partial charge is 0.216 e. The van der Waals surface area contributed by atoms with Gasteiger partial charge in [-0.25, -0.2) is 15.0 Å². The van der Waals surface area contributed by atoms with Crippen molar-refractivity contribution in [2.45, 2.75) is 0 Å². The first-order chi connectivity index (χ1) is 6.40. The molecule has 0 saturated carbocycles. The van der Waals surface area contributed by atoms with Crippen molar-refractivity contribution in [3.8, 4) is 17.3 Å². The molecule has 2 aromatic rings. The Balaban J connectivity index is 2.41. The van der Waals surface area contributed by atoms with Crippen molar-refractivity contribution in [3.63, 3.8) is 0 Å². The van der Waals surface area contributed by atoms with E-state index in [1.807, 2.05) is 0 Å². The number of hydrogen-bond acceptors (Lipinski definition) is 5. The lowest BCUT2D eigenvalue weighted by molar-refractivity contribution is 0.397. The first-order valence-electron chi connectivity index (χ1n) is 3.65. The summed E-state index contributed by atoms with van der Waals surface area (Å²) in [4.78, 5) is 11.7. The lowest BCUT2D eigenvalue weighted by Crippen LogP contribution is -1.89. The number of methoxy groups -OCH3 is 1. The van der Waals surface area contributed by atoms with E-state index in [4.69, 9.17) is 9.15 Å². The number of ether oxygens (including phenoxy) is 1. The predicted molar refractivity (Wildman–Crippen MR) is 44.1 cm³/mol. The van der Waals surface area contributed by atoms with Crippen molar-refractivity contribution in [2.75, 3.05) is 7.11 Å². The molecule has 13 heavy (non-hydrogen) atoms. The number of oxazole rings is 1. The largest absolute Gasteiger partial charge is 0.481 e. The highest BCUT2D eigenvalue weighted by Gasteiger charge is 2.04. The Morgan fingerprint density at radius 2 is 2.31 bits per heavy atom. The maximum atomic E-state index is 5.06. The van der Waals surface area contributed by atoms with Gasteiger partial charge in [-0.05, 0) is 0 Å². The van der Waals surface area contributed by atoms with Crippen LogP contribution in [0.1, 0.15) is 0 Å². The molecule has 0 aliphatic carbocycles. The first kappa shape index (κ1) is 7.72. The molecule has 0 N–H and O–H groups in total. The molecule has 5 nitrogen and oxygen atoms in total. The molecule has 0 spiro atoms. The molecule has 2 aromatic heterocycles. The van der Waals surface area contributed by atoms with Gasteiger partial charge in [0.05, 0.1) is 13.3 Å². The molecule has 0 aromatic carbocycles. The summed E-state index contributed by atoms with van der Waals surface area (Å²) in [5, 5.41) is 0. The average Bonchev–Trinajstić information content (AvgIpc) is 2.71. The van der Waals surface area contributed by atoms with E-state index < -0.39 is 0 Å². The van der Waals surface area contributed by atoms with Crippen molar-refractivity contribution >= 4 is 0 Å². The van der Waals surface area contributed by atoms with Crippen LogP contribution in [-0.4, -0.2) is 22.1 Å². The van der Waals surface area contributed by atoms with E-state index in [9.17, 15) is 0 Å². The van der Waals surface area contributed by atoms with Gasteiger partial charge in [0.2, 0.25) is 5.88 Å². The third kappa shape index (κ3) is 1.48. The third-order valence-corrected chi connectivity index (χ3v) is 1.54. The number of aromatic nitrogens is 3. The highest BCUT2D eigenvalue weighted by atomic mass is 16.5. The molecule has 0 amide bonds. The maximum Gasteiger partial charge on any atom is 0.216 e. The summed E-state index contributed by atoms with van der Waals surface area (Å²) in [5.41, 5.74) is 0.657. The van der Waals surface area contributed by atoms with Gasteiger partial charge in [0.1, 0.15) is 12.0 Å². The average molecular weight is 177 g/mol. The fourth-order valence-electron chi connectivity index (χ4n) is 0.928. The summed E-state index contributed by atoms with van der Waals surface area (Å²) < 4.78 is 10.0. The topological polar surface area (TPSA) is 61.0 Å². The first-order valence-corrected chi connectivity index (χ1v) is 3.65. The molecule has 0 unspecified atom stereocenters. The van der Waals surface area contributed by atoms with E-state index in [1.54, 1.807) is 19.4 Å². The maximum absolute atomic E-state index is 5.06. The zero-order chi connectivity index (χ0) is 9.10. The highest BCUT2D eigenvalue weighted by molar-refractivity contribution is 5.51. The van der Waals surface area contributed by atoms with Crippen molar-refractivity contribution in [2.24, 2.45) is 0 Å². The Kier molecular flexibility index (Phi) is 1.91. The van der Waals surface area contributed by atoms with E-state index >= 15 is 0 Å². The molecular weight excluding hydrogens is 170 g/mol. The van der Waals surface area contributed by atoms with E-state index in [0.29, 0.717) is 17.3 Å². The second kappa shape index (κ2) is 3.22. The summed E-state index contributed by atoms with van der Waals surface area (Å²) in [6.07, 6.45) is 4.35. The Bertz CT molecular complexity index is 386. The van der Waals surface area contributed by atoms with Crippen LogP contribution in [0.2, 0.25) is 0 Å². The van der Waals surface area contributed by atoms with Crippen LogP contribution in [0.3, 0.4) is 0 Å². The quantitative estimate of drug-likeness (QED) is 0.688. The molecule has 0 aliphatic heterocycles. The SMILES string of the molecule is COc1cc(-c2cnco2)ncn1. The second-order valence-corrected chi connectivity index (χ2v) is 2.31. The molecule has 2 heterocycles. The molecule has 0 atom stereocenters. The van der Waals surface area contributed by atoms with Crippen LogP contribution in [0.25, 0.3) is 11.5 Å². The Morgan fingerprint density at radius 3 is 3.00 bits per heavy atom. The highest BCUT2D eigenvalue weighted by Crippen LogP contribution is 2.18. The molecule has 2 rings (SSSR count). The van der Waals surface area contributed by atoms with E-state index in [1.165, 1.54) is 12.7 Å². The molecular formula is C8H7N3O2. The van der Waals surface area contributed by atoms with Gasteiger partial charge >= 0.3 is 0 Å². The minimum absolute atomic E-state index is 0.501. The monoisotopic (exact) mass is 177 g/mol. The summed E-state index contributed by atoms with van der Waals surface area (Å²) in [6, 6.07) is 1.68.